The minimum atomic E-state index is -0.192. The molecule has 0 spiro atoms. The van der Waals surface area contributed by atoms with E-state index in [1.54, 1.807) is 12.1 Å². The van der Waals surface area contributed by atoms with Gasteiger partial charge >= 0.3 is 0 Å². The molecule has 0 bridgehead atoms. The van der Waals surface area contributed by atoms with Crippen LogP contribution in [0.15, 0.2) is 18.3 Å². The van der Waals surface area contributed by atoms with Gasteiger partial charge in [0.25, 0.3) is 5.91 Å². The highest BCUT2D eigenvalue weighted by Gasteiger charge is 2.11. The molecule has 0 saturated carbocycles. The van der Waals surface area contributed by atoms with Crippen LogP contribution in [0.1, 0.15) is 43.2 Å². The van der Waals surface area contributed by atoms with Crippen molar-refractivity contribution in [1.29, 1.82) is 5.26 Å². The van der Waals surface area contributed by atoms with Crippen LogP contribution in [0.25, 0.3) is 0 Å². The quantitative estimate of drug-likeness (QED) is 0.863. The molecule has 0 aliphatic carbocycles. The van der Waals surface area contributed by atoms with Gasteiger partial charge in [-0.2, -0.15) is 5.26 Å². The topological polar surface area (TPSA) is 65.8 Å². The molecule has 90 valence electrons. The van der Waals surface area contributed by atoms with Crippen LogP contribution in [0.2, 0.25) is 0 Å². The number of hydrogen-bond donors (Lipinski definition) is 1. The first-order chi connectivity index (χ1) is 8.02. The van der Waals surface area contributed by atoms with Crippen molar-refractivity contribution in [2.45, 2.75) is 33.2 Å². The molecule has 0 fully saturated rings. The lowest BCUT2D eigenvalue weighted by molar-refractivity contribution is 0.0931. The van der Waals surface area contributed by atoms with Crippen molar-refractivity contribution in [2.75, 3.05) is 0 Å². The van der Waals surface area contributed by atoms with Crippen molar-refractivity contribution in [3.63, 3.8) is 0 Å². The van der Waals surface area contributed by atoms with E-state index >= 15 is 0 Å². The number of rotatable bonds is 4. The Hall–Kier alpha value is -1.89. The average Bonchev–Trinajstić information content (AvgIpc) is 2.28. The second kappa shape index (κ2) is 6.00. The van der Waals surface area contributed by atoms with Crippen LogP contribution >= 0.6 is 0 Å². The van der Waals surface area contributed by atoms with Crippen LogP contribution in [0.4, 0.5) is 0 Å². The zero-order valence-electron chi connectivity index (χ0n) is 10.4. The summed E-state index contributed by atoms with van der Waals surface area (Å²) in [4.78, 5) is 15.7. The molecule has 1 heterocycles. The van der Waals surface area contributed by atoms with Crippen molar-refractivity contribution in [2.24, 2.45) is 5.92 Å². The Bertz CT molecular complexity index is 417. The van der Waals surface area contributed by atoms with Gasteiger partial charge in [0, 0.05) is 12.2 Å². The van der Waals surface area contributed by atoms with Crippen molar-refractivity contribution < 1.29 is 4.79 Å². The number of hydrogen-bond acceptors (Lipinski definition) is 3. The molecule has 0 saturated heterocycles. The van der Waals surface area contributed by atoms with Gasteiger partial charge in [-0.15, -0.1) is 0 Å². The van der Waals surface area contributed by atoms with Crippen LogP contribution in [0.3, 0.4) is 0 Å². The molecule has 4 nitrogen and oxygen atoms in total. The molecule has 1 aromatic rings. The van der Waals surface area contributed by atoms with E-state index in [0.29, 0.717) is 17.2 Å². The van der Waals surface area contributed by atoms with Gasteiger partial charge in [-0.25, -0.2) is 4.98 Å². The summed E-state index contributed by atoms with van der Waals surface area (Å²) in [7, 11) is 0. The van der Waals surface area contributed by atoms with Gasteiger partial charge in [0.05, 0.1) is 5.56 Å². The number of aromatic nitrogens is 1. The van der Waals surface area contributed by atoms with Gasteiger partial charge in [-0.3, -0.25) is 4.79 Å². The molecule has 0 aliphatic heterocycles. The minimum Gasteiger partial charge on any atom is -0.348 e. The Morgan fingerprint density at radius 1 is 1.47 bits per heavy atom. The first-order valence-electron chi connectivity index (χ1n) is 5.70. The molecule has 1 rings (SSSR count). The maximum absolute atomic E-state index is 11.8. The monoisotopic (exact) mass is 231 g/mol. The van der Waals surface area contributed by atoms with Gasteiger partial charge in [-0.1, -0.05) is 13.8 Å². The second-order valence-corrected chi connectivity index (χ2v) is 4.55. The second-order valence-electron chi connectivity index (χ2n) is 4.55. The number of nitrogens with zero attached hydrogens (tertiary/aromatic N) is 2. The Labute approximate surface area is 102 Å². The molecule has 1 unspecified atom stereocenters. The lowest BCUT2D eigenvalue weighted by atomic mass is 10.1. The van der Waals surface area contributed by atoms with Crippen LogP contribution in [-0.4, -0.2) is 16.9 Å². The summed E-state index contributed by atoms with van der Waals surface area (Å²) in [6, 6.07) is 5.25. The fourth-order valence-electron chi connectivity index (χ4n) is 1.66. The maximum atomic E-state index is 11.8. The van der Waals surface area contributed by atoms with Crippen molar-refractivity contribution in [3.05, 3.63) is 29.6 Å². The highest BCUT2D eigenvalue weighted by atomic mass is 16.1. The third-order valence-corrected chi connectivity index (χ3v) is 2.33. The zero-order chi connectivity index (χ0) is 12.8. The number of carbonyl (C=O) groups is 1. The summed E-state index contributed by atoms with van der Waals surface area (Å²) in [5, 5.41) is 11.5. The van der Waals surface area contributed by atoms with Crippen LogP contribution in [0.5, 0.6) is 0 Å². The van der Waals surface area contributed by atoms with Crippen LogP contribution in [0, 0.1) is 17.2 Å². The molecule has 17 heavy (non-hydrogen) atoms. The molecular weight excluding hydrogens is 214 g/mol. The third kappa shape index (κ3) is 4.23. The van der Waals surface area contributed by atoms with Gasteiger partial charge in [-0.05, 0) is 31.4 Å². The normalized spacial score (nSPS) is 11.9. The van der Waals surface area contributed by atoms with Crippen molar-refractivity contribution in [1.82, 2.24) is 10.3 Å². The van der Waals surface area contributed by atoms with Gasteiger partial charge in [0.1, 0.15) is 11.8 Å². The highest BCUT2D eigenvalue weighted by Crippen LogP contribution is 2.05. The first-order valence-corrected chi connectivity index (χ1v) is 5.70. The van der Waals surface area contributed by atoms with Crippen LogP contribution < -0.4 is 5.32 Å². The molecule has 4 heteroatoms. The summed E-state index contributed by atoms with van der Waals surface area (Å²) in [5.41, 5.74) is 0.802. The van der Waals surface area contributed by atoms with E-state index in [9.17, 15) is 4.79 Å². The summed E-state index contributed by atoms with van der Waals surface area (Å²) in [6.45, 7) is 6.20. The van der Waals surface area contributed by atoms with Gasteiger partial charge in [0.15, 0.2) is 0 Å². The Morgan fingerprint density at radius 2 is 2.18 bits per heavy atom. The molecule has 1 atom stereocenters. The number of nitriles is 1. The summed E-state index contributed by atoms with van der Waals surface area (Å²) in [6.07, 6.45) is 2.34. The molecular formula is C13H17N3O. The molecule has 1 aromatic heterocycles. The molecule has 1 amide bonds. The van der Waals surface area contributed by atoms with E-state index in [4.69, 9.17) is 5.26 Å². The van der Waals surface area contributed by atoms with Crippen molar-refractivity contribution >= 4 is 5.91 Å². The first kappa shape index (κ1) is 13.2. The van der Waals surface area contributed by atoms with E-state index in [-0.39, 0.29) is 11.9 Å². The summed E-state index contributed by atoms with van der Waals surface area (Å²) in [5.74, 6) is 0.349. The zero-order valence-corrected chi connectivity index (χ0v) is 10.4. The van der Waals surface area contributed by atoms with E-state index in [0.717, 1.165) is 6.42 Å². The number of carbonyl (C=O) groups excluding carboxylic acids is 1. The smallest absolute Gasteiger partial charge is 0.270 e. The van der Waals surface area contributed by atoms with Crippen molar-refractivity contribution in [3.8, 4) is 6.07 Å². The Kier molecular flexibility index (Phi) is 4.65. The summed E-state index contributed by atoms with van der Waals surface area (Å²) >= 11 is 0. The SMILES string of the molecule is CC(C)CC(C)NC(=O)c1ccc(C#N)cn1. The predicted molar refractivity (Wildman–Crippen MR) is 65.3 cm³/mol. The average molecular weight is 231 g/mol. The van der Waals surface area contributed by atoms with E-state index < -0.39 is 0 Å². The fraction of sp³-hybridized carbons (Fsp3) is 0.462. The lowest BCUT2D eigenvalue weighted by Crippen LogP contribution is -2.33. The maximum Gasteiger partial charge on any atom is 0.270 e. The molecule has 0 aromatic carbocycles. The van der Waals surface area contributed by atoms with Gasteiger partial charge in [0.2, 0.25) is 0 Å². The summed E-state index contributed by atoms with van der Waals surface area (Å²) < 4.78 is 0. The molecule has 1 N–H and O–H groups in total. The van der Waals surface area contributed by atoms with E-state index in [1.807, 2.05) is 13.0 Å². The standard InChI is InChI=1S/C13H17N3O/c1-9(2)6-10(3)16-13(17)12-5-4-11(7-14)8-15-12/h4-5,8-10H,6H2,1-3H3,(H,16,17). The predicted octanol–water partition coefficient (Wildman–Crippen LogP) is 2.12. The highest BCUT2D eigenvalue weighted by molar-refractivity contribution is 5.92. The fourth-order valence-corrected chi connectivity index (χ4v) is 1.66. The largest absolute Gasteiger partial charge is 0.348 e. The van der Waals surface area contributed by atoms with E-state index in [1.165, 1.54) is 6.20 Å². The minimum absolute atomic E-state index is 0.125. The molecule has 0 aliphatic rings. The Morgan fingerprint density at radius 3 is 2.65 bits per heavy atom. The Balaban J connectivity index is 2.61. The van der Waals surface area contributed by atoms with E-state index in [2.05, 4.69) is 24.1 Å². The lowest BCUT2D eigenvalue weighted by Gasteiger charge is -2.15. The van der Waals surface area contributed by atoms with Gasteiger partial charge < -0.3 is 5.32 Å². The number of amides is 1. The third-order valence-electron chi connectivity index (χ3n) is 2.33. The number of pyridine rings is 1. The van der Waals surface area contributed by atoms with Crippen LogP contribution in [-0.2, 0) is 0 Å². The number of nitrogens with one attached hydrogen (secondary N) is 1. The molecule has 0 radical (unpaired) electrons.